The van der Waals surface area contributed by atoms with Gasteiger partial charge >= 0.3 is 0 Å². The lowest BCUT2D eigenvalue weighted by Crippen LogP contribution is -2.60. The van der Waals surface area contributed by atoms with E-state index in [2.05, 4.69) is 0 Å². The third-order valence-electron chi connectivity index (χ3n) is 9.81. The average Bonchev–Trinajstić information content (AvgIpc) is 3.11. The molecule has 0 aromatic heterocycles. The highest BCUT2D eigenvalue weighted by atomic mass is 16.7. The first kappa shape index (κ1) is 36.0. The molecular weight excluding hydrogens is 704 g/mol. The van der Waals surface area contributed by atoms with Crippen molar-refractivity contribution in [1.82, 2.24) is 0 Å². The summed E-state index contributed by atoms with van der Waals surface area (Å²) in [4.78, 5) is 0. The number of aromatic hydroxyl groups is 8. The number of phenols is 8. The third kappa shape index (κ3) is 6.17. The summed E-state index contributed by atoms with van der Waals surface area (Å²) in [6.45, 7) is -0.752. The molecule has 17 heteroatoms. The summed E-state index contributed by atoms with van der Waals surface area (Å²) < 4.78 is 24.1. The van der Waals surface area contributed by atoms with Crippen LogP contribution in [-0.2, 0) is 15.9 Å². The van der Waals surface area contributed by atoms with Crippen molar-refractivity contribution in [3.63, 3.8) is 0 Å². The van der Waals surface area contributed by atoms with Crippen LogP contribution in [0.2, 0.25) is 0 Å². The highest BCUT2D eigenvalue weighted by molar-refractivity contribution is 5.66. The maximum absolute atomic E-state index is 12.0. The van der Waals surface area contributed by atoms with Crippen molar-refractivity contribution >= 4 is 0 Å². The maximum Gasteiger partial charge on any atom is 0.187 e. The van der Waals surface area contributed by atoms with Crippen LogP contribution < -0.4 is 9.47 Å². The van der Waals surface area contributed by atoms with Crippen molar-refractivity contribution in [2.45, 2.75) is 67.5 Å². The minimum Gasteiger partial charge on any atom is -0.508 e. The summed E-state index contributed by atoms with van der Waals surface area (Å²) in [5.41, 5.74) is -0.0378. The normalized spacial score (nSPS) is 29.4. The van der Waals surface area contributed by atoms with E-state index >= 15 is 0 Å². The van der Waals surface area contributed by atoms with E-state index in [0.717, 1.165) is 42.5 Å². The summed E-state index contributed by atoms with van der Waals surface area (Å²) in [5.74, 6) is -6.01. The highest BCUT2D eigenvalue weighted by Gasteiger charge is 2.49. The van der Waals surface area contributed by atoms with Crippen molar-refractivity contribution in [1.29, 1.82) is 0 Å². The van der Waals surface area contributed by atoms with Crippen LogP contribution in [0.4, 0.5) is 0 Å². The van der Waals surface area contributed by atoms with Gasteiger partial charge in [-0.2, -0.15) is 0 Å². The smallest absolute Gasteiger partial charge is 0.187 e. The number of hydrogen-bond donors (Lipinski definition) is 13. The molecule has 7 rings (SSSR count). The molecule has 0 radical (unpaired) electrons. The van der Waals surface area contributed by atoms with E-state index in [-0.39, 0.29) is 45.7 Å². The van der Waals surface area contributed by atoms with Crippen LogP contribution >= 0.6 is 0 Å². The number of hydrogen-bond acceptors (Lipinski definition) is 17. The SMILES string of the molecule is OC[C@H]1O[C@H](O[C@H]2Cc3c(O)cc(O)c([C@H]4c5c(O)cc(O)cc5O[C@H](c5ccc(O)c(O)c5)[C@@H]4O)c3O[C@H]2c2ccc(O)c(O)c2)[C@H](O)[C@H](O)[C@H]1O. The van der Waals surface area contributed by atoms with Gasteiger partial charge in [0, 0.05) is 41.3 Å². The molecule has 0 spiro atoms. The molecule has 3 heterocycles. The lowest BCUT2D eigenvalue weighted by Gasteiger charge is -2.44. The second-order valence-electron chi connectivity index (χ2n) is 13.1. The van der Waals surface area contributed by atoms with Crippen molar-refractivity contribution < 1.29 is 85.3 Å². The predicted molar refractivity (Wildman–Crippen MR) is 176 cm³/mol. The van der Waals surface area contributed by atoms with Gasteiger partial charge in [0.05, 0.1) is 12.5 Å². The van der Waals surface area contributed by atoms with Gasteiger partial charge in [-0.15, -0.1) is 0 Å². The Kier molecular flexibility index (Phi) is 9.19. The molecule has 3 aliphatic rings. The largest absolute Gasteiger partial charge is 0.508 e. The summed E-state index contributed by atoms with van der Waals surface area (Å²) >= 11 is 0. The number of benzene rings is 4. The van der Waals surface area contributed by atoms with Crippen molar-refractivity contribution in [2.24, 2.45) is 0 Å². The van der Waals surface area contributed by atoms with Crippen LogP contribution in [0.1, 0.15) is 45.9 Å². The van der Waals surface area contributed by atoms with Crippen LogP contribution in [0.5, 0.6) is 57.5 Å². The molecule has 3 aliphatic heterocycles. The maximum atomic E-state index is 12.0. The number of ether oxygens (including phenoxy) is 4. The van der Waals surface area contributed by atoms with E-state index in [1.165, 1.54) is 12.1 Å². The minimum absolute atomic E-state index is 0.0241. The zero-order valence-electron chi connectivity index (χ0n) is 27.3. The summed E-state index contributed by atoms with van der Waals surface area (Å²) in [5, 5.41) is 138. The fourth-order valence-electron chi connectivity index (χ4n) is 7.16. The van der Waals surface area contributed by atoms with Gasteiger partial charge in [0.15, 0.2) is 41.5 Å². The molecular formula is C36H36O17. The molecule has 0 amide bonds. The van der Waals surface area contributed by atoms with Gasteiger partial charge in [-0.3, -0.25) is 0 Å². The van der Waals surface area contributed by atoms with E-state index in [1.807, 2.05) is 0 Å². The molecule has 0 saturated carbocycles. The topological polar surface area (TPSA) is 300 Å². The Morgan fingerprint density at radius 2 is 1.21 bits per heavy atom. The first-order valence-electron chi connectivity index (χ1n) is 16.3. The summed E-state index contributed by atoms with van der Waals surface area (Å²) in [6, 6.07) is 10.4. The van der Waals surface area contributed by atoms with Crippen LogP contribution in [0.3, 0.4) is 0 Å². The Morgan fingerprint density at radius 3 is 1.83 bits per heavy atom. The van der Waals surface area contributed by atoms with E-state index in [0.29, 0.717) is 0 Å². The number of phenolic OH excluding ortho intramolecular Hbond substituents is 8. The van der Waals surface area contributed by atoms with Gasteiger partial charge in [-0.05, 0) is 35.4 Å². The standard InChI is InChI=1S/C36H36O17/c37-11-25-29(46)31(48)32(49)36(52-25)51-24-9-15-18(41)10-22(45)27(35(15)53-33(24)12-1-3-16(39)19(42)5-12)28-26-21(44)7-14(38)8-23(26)50-34(30(28)47)13-2-4-17(40)20(43)6-13/h1-8,10,24-25,28-34,36-49H,9,11H2/t24-,25+,28+,29-,30+,31+,32+,33-,34+,36-/m0/s1. The van der Waals surface area contributed by atoms with E-state index in [4.69, 9.17) is 18.9 Å². The molecule has 1 fully saturated rings. The van der Waals surface area contributed by atoms with Crippen LogP contribution in [-0.4, -0.2) is 116 Å². The van der Waals surface area contributed by atoms with Crippen molar-refractivity contribution in [3.8, 4) is 57.5 Å². The van der Waals surface area contributed by atoms with Gasteiger partial charge in [0.25, 0.3) is 0 Å². The fraction of sp³-hybridized carbons (Fsp3) is 0.333. The van der Waals surface area contributed by atoms with Crippen molar-refractivity contribution in [2.75, 3.05) is 6.61 Å². The third-order valence-corrected chi connectivity index (χ3v) is 9.81. The highest BCUT2D eigenvalue weighted by Crippen LogP contribution is 2.57. The van der Waals surface area contributed by atoms with Gasteiger partial charge in [0.1, 0.15) is 71.1 Å². The van der Waals surface area contributed by atoms with Gasteiger partial charge in [-0.25, -0.2) is 0 Å². The number of aliphatic hydroxyl groups excluding tert-OH is 5. The lowest BCUT2D eigenvalue weighted by atomic mass is 9.77. The number of aliphatic hydroxyl groups is 5. The zero-order chi connectivity index (χ0) is 38.0. The number of fused-ring (bicyclic) bond motifs is 2. The minimum atomic E-state index is -1.84. The predicted octanol–water partition coefficient (Wildman–Crippen LogP) is 0.819. The molecule has 53 heavy (non-hydrogen) atoms. The summed E-state index contributed by atoms with van der Waals surface area (Å²) in [7, 11) is 0. The molecule has 13 N–H and O–H groups in total. The Bertz CT molecular complexity index is 2030. The molecule has 4 aromatic rings. The summed E-state index contributed by atoms with van der Waals surface area (Å²) in [6.07, 6.45) is -14.3. The Balaban J connectivity index is 1.38. The van der Waals surface area contributed by atoms with Crippen LogP contribution in [0.15, 0.2) is 54.6 Å². The molecule has 4 aromatic carbocycles. The molecule has 17 nitrogen and oxygen atoms in total. The van der Waals surface area contributed by atoms with E-state index < -0.39 is 114 Å². The quantitative estimate of drug-likeness (QED) is 0.122. The monoisotopic (exact) mass is 740 g/mol. The first-order valence-corrected chi connectivity index (χ1v) is 16.3. The Morgan fingerprint density at radius 1 is 0.585 bits per heavy atom. The second kappa shape index (κ2) is 13.5. The van der Waals surface area contributed by atoms with Crippen molar-refractivity contribution in [3.05, 3.63) is 82.4 Å². The second-order valence-corrected chi connectivity index (χ2v) is 13.1. The fourth-order valence-corrected chi connectivity index (χ4v) is 7.16. The van der Waals surface area contributed by atoms with Gasteiger partial charge in [0.2, 0.25) is 0 Å². The Hall–Kier alpha value is -5.40. The van der Waals surface area contributed by atoms with E-state index in [9.17, 15) is 66.4 Å². The Labute approximate surface area is 299 Å². The molecule has 0 bridgehead atoms. The lowest BCUT2D eigenvalue weighted by molar-refractivity contribution is -0.317. The zero-order valence-corrected chi connectivity index (χ0v) is 27.3. The molecule has 0 unspecified atom stereocenters. The van der Waals surface area contributed by atoms with Gasteiger partial charge < -0.3 is 85.3 Å². The van der Waals surface area contributed by atoms with Gasteiger partial charge in [-0.1, -0.05) is 12.1 Å². The van der Waals surface area contributed by atoms with Crippen LogP contribution in [0.25, 0.3) is 0 Å². The molecule has 0 aliphatic carbocycles. The number of rotatable bonds is 6. The van der Waals surface area contributed by atoms with Crippen LogP contribution in [0, 0.1) is 0 Å². The van der Waals surface area contributed by atoms with E-state index in [1.54, 1.807) is 0 Å². The molecule has 10 atom stereocenters. The first-order chi connectivity index (χ1) is 25.2. The molecule has 1 saturated heterocycles. The molecule has 282 valence electrons. The average molecular weight is 741 g/mol.